The van der Waals surface area contributed by atoms with E-state index in [-0.39, 0.29) is 22.3 Å². The first-order valence-corrected chi connectivity index (χ1v) is 14.5. The van der Waals surface area contributed by atoms with Gasteiger partial charge in [-0.25, -0.2) is 0 Å². The van der Waals surface area contributed by atoms with Crippen LogP contribution in [-0.2, 0) is 4.43 Å². The van der Waals surface area contributed by atoms with Gasteiger partial charge in [-0.05, 0) is 106 Å². The van der Waals surface area contributed by atoms with Gasteiger partial charge in [-0.3, -0.25) is 0 Å². The van der Waals surface area contributed by atoms with Crippen LogP contribution in [0, 0.1) is 22.7 Å². The van der Waals surface area contributed by atoms with E-state index >= 15 is 0 Å². The van der Waals surface area contributed by atoms with Crippen LogP contribution in [0.25, 0.3) is 0 Å². The summed E-state index contributed by atoms with van der Waals surface area (Å²) in [6.07, 6.45) is 9.57. The largest absolute Gasteiger partial charge is 0.414 e. The molecule has 2 nitrogen and oxygen atoms in total. The molecule has 0 radical (unpaired) electrons. The number of hydrogen-bond acceptors (Lipinski definition) is 2. The summed E-state index contributed by atoms with van der Waals surface area (Å²) in [6, 6.07) is 0. The summed E-state index contributed by atoms with van der Waals surface area (Å²) >= 11 is 0. The molecule has 4 atom stereocenters. The van der Waals surface area contributed by atoms with E-state index in [0.29, 0.717) is 24.4 Å². The molecule has 1 N–H and O–H groups in total. The van der Waals surface area contributed by atoms with Gasteiger partial charge in [0.25, 0.3) is 0 Å². The van der Waals surface area contributed by atoms with Crippen LogP contribution in [0.4, 0.5) is 0 Å². The normalized spacial score (nSPS) is 39.8. The highest BCUT2D eigenvalue weighted by Gasteiger charge is 2.62. The molecule has 164 valence electrons. The lowest BCUT2D eigenvalue weighted by molar-refractivity contribution is -0.0282. The van der Waals surface area contributed by atoms with Crippen molar-refractivity contribution in [3.8, 4) is 0 Å². The monoisotopic (exact) mass is 414 g/mol. The molecule has 0 bridgehead atoms. The number of hydrogen-bond donors (Lipinski definition) is 1. The Hall–Kier alpha value is 0.137. The zero-order valence-corrected chi connectivity index (χ0v) is 20.2. The first kappa shape index (κ1) is 15.9. The molecule has 0 aromatic carbocycles. The fourth-order valence-electron chi connectivity index (χ4n) is 6.45. The highest BCUT2D eigenvalue weighted by atomic mass is 28.4. The van der Waals surface area contributed by atoms with Crippen molar-refractivity contribution >= 4 is 8.32 Å². The van der Waals surface area contributed by atoms with E-state index in [4.69, 9.17) is 12.7 Å². The van der Waals surface area contributed by atoms with Crippen molar-refractivity contribution < 1.29 is 17.8 Å². The Labute approximate surface area is 184 Å². The molecule has 2 unspecified atom stereocenters. The third kappa shape index (κ3) is 4.42. The quantitative estimate of drug-likeness (QED) is 0.442. The van der Waals surface area contributed by atoms with Crippen LogP contribution >= 0.6 is 0 Å². The van der Waals surface area contributed by atoms with Gasteiger partial charge in [-0.15, -0.1) is 0 Å². The van der Waals surface area contributed by atoms with Crippen molar-refractivity contribution in [1.29, 1.82) is 0 Å². The first-order valence-electron chi connectivity index (χ1n) is 14.6. The van der Waals surface area contributed by atoms with Crippen molar-refractivity contribution in [1.82, 2.24) is 0 Å². The maximum atomic E-state index is 10.7. The van der Waals surface area contributed by atoms with E-state index in [1.54, 1.807) is 0 Å². The number of aliphatic hydroxyl groups is 1. The van der Waals surface area contributed by atoms with Crippen LogP contribution < -0.4 is 0 Å². The molecule has 3 aliphatic rings. The predicted octanol–water partition coefficient (Wildman–Crippen LogP) is 7.31. The Kier molecular flexibility index (Phi) is 4.18. The zero-order chi connectivity index (χ0) is 26.0. The van der Waals surface area contributed by atoms with E-state index in [9.17, 15) is 5.11 Å². The highest BCUT2D eigenvalue weighted by Crippen LogP contribution is 2.69. The van der Waals surface area contributed by atoms with Gasteiger partial charge in [-0.2, -0.15) is 0 Å². The molecule has 3 rings (SSSR count). The molecule has 3 heteroatoms. The van der Waals surface area contributed by atoms with Gasteiger partial charge in [0.15, 0.2) is 8.32 Å². The standard InChI is InChI=1S/C25H48O2Si/c1-22(2,3)28(7,8)27-20-11-9-15-24(6)19(20)12-13-21(24)25(17-18-25)16-10-14-23(4,5)26/h19-21,26H,9-18H2,1-8H3/t19?,20-,21?,24-/m0/s1/i4D3,5D3. The molecule has 0 aromatic rings. The SMILES string of the molecule is [2H]C([2H])([2H])C(O)(CCCC1(C2CCC3[C@@H](O[Si](C)(C)C(C)(C)C)CCC[C@@]32C)CC1)C([2H])([2H])[2H]. The Balaban J connectivity index is 1.71. The summed E-state index contributed by atoms with van der Waals surface area (Å²) in [5, 5.41) is 10.9. The summed E-state index contributed by atoms with van der Waals surface area (Å²) < 4.78 is 52.9. The molecule has 3 saturated carbocycles. The van der Waals surface area contributed by atoms with Crippen molar-refractivity contribution in [3.05, 3.63) is 0 Å². The molecule has 0 heterocycles. The van der Waals surface area contributed by atoms with Gasteiger partial charge < -0.3 is 9.53 Å². The lowest BCUT2D eigenvalue weighted by atomic mass is 9.60. The second-order valence-electron chi connectivity index (χ2n) is 12.1. The van der Waals surface area contributed by atoms with Crippen LogP contribution in [0.2, 0.25) is 18.1 Å². The van der Waals surface area contributed by atoms with Crippen LogP contribution in [0.1, 0.15) is 114 Å². The second-order valence-corrected chi connectivity index (χ2v) is 16.9. The van der Waals surface area contributed by atoms with Gasteiger partial charge >= 0.3 is 0 Å². The molecule has 3 aliphatic carbocycles. The Bertz CT molecular complexity index is 723. The van der Waals surface area contributed by atoms with Gasteiger partial charge in [0.1, 0.15) is 0 Å². The molecular weight excluding hydrogens is 360 g/mol. The van der Waals surface area contributed by atoms with E-state index in [1.165, 1.54) is 25.7 Å². The molecule has 0 aromatic heterocycles. The highest BCUT2D eigenvalue weighted by molar-refractivity contribution is 6.74. The summed E-state index contributed by atoms with van der Waals surface area (Å²) in [4.78, 5) is 0. The minimum absolute atomic E-state index is 0.173. The molecule has 0 saturated heterocycles. The van der Waals surface area contributed by atoms with Crippen molar-refractivity contribution in [2.75, 3.05) is 0 Å². The Morgan fingerprint density at radius 2 is 1.79 bits per heavy atom. The van der Waals surface area contributed by atoms with Crippen LogP contribution in [0.5, 0.6) is 0 Å². The first-order chi connectivity index (χ1) is 15.2. The van der Waals surface area contributed by atoms with E-state index < -0.39 is 27.6 Å². The zero-order valence-electron chi connectivity index (χ0n) is 25.2. The summed E-state index contributed by atoms with van der Waals surface area (Å²) in [6.45, 7) is 8.24. The minimum Gasteiger partial charge on any atom is -0.414 e. The van der Waals surface area contributed by atoms with Crippen molar-refractivity contribution in [3.63, 3.8) is 0 Å². The van der Waals surface area contributed by atoms with E-state index in [0.717, 1.165) is 25.7 Å². The van der Waals surface area contributed by atoms with Crippen LogP contribution in [-0.4, -0.2) is 25.1 Å². The maximum Gasteiger partial charge on any atom is 0.192 e. The summed E-state index contributed by atoms with van der Waals surface area (Å²) in [5.74, 6) is 1.14. The van der Waals surface area contributed by atoms with Crippen LogP contribution in [0.15, 0.2) is 0 Å². The fourth-order valence-corrected chi connectivity index (χ4v) is 7.84. The minimum atomic E-state index is -2.92. The van der Waals surface area contributed by atoms with Gasteiger partial charge in [0, 0.05) is 14.3 Å². The van der Waals surface area contributed by atoms with Crippen LogP contribution in [0.3, 0.4) is 0 Å². The van der Waals surface area contributed by atoms with E-state index in [1.807, 2.05) is 0 Å². The smallest absolute Gasteiger partial charge is 0.192 e. The average Bonchev–Trinajstić information content (AvgIpc) is 3.32. The number of fused-ring (bicyclic) bond motifs is 1. The summed E-state index contributed by atoms with van der Waals surface area (Å²) in [5.41, 5.74) is -2.23. The maximum absolute atomic E-state index is 10.7. The topological polar surface area (TPSA) is 29.5 Å². The third-order valence-electron chi connectivity index (χ3n) is 9.16. The molecule has 0 spiro atoms. The Morgan fingerprint density at radius 3 is 2.36 bits per heavy atom. The number of rotatable bonds is 7. The lowest BCUT2D eigenvalue weighted by Gasteiger charge is -2.50. The average molecular weight is 415 g/mol. The van der Waals surface area contributed by atoms with Gasteiger partial charge in [0.05, 0.1) is 5.60 Å². The van der Waals surface area contributed by atoms with Crippen molar-refractivity contribution in [2.24, 2.45) is 22.7 Å². The molecule has 0 aliphatic heterocycles. The molecule has 0 amide bonds. The van der Waals surface area contributed by atoms with E-state index in [2.05, 4.69) is 40.8 Å². The fraction of sp³-hybridized carbons (Fsp3) is 1.00. The lowest BCUT2D eigenvalue weighted by Crippen LogP contribution is -2.50. The second kappa shape index (κ2) is 7.37. The van der Waals surface area contributed by atoms with Gasteiger partial charge in [0.2, 0.25) is 0 Å². The van der Waals surface area contributed by atoms with Crippen molar-refractivity contribution in [2.45, 2.75) is 135 Å². The Morgan fingerprint density at radius 1 is 1.11 bits per heavy atom. The predicted molar refractivity (Wildman–Crippen MR) is 122 cm³/mol. The van der Waals surface area contributed by atoms with Gasteiger partial charge in [-0.1, -0.05) is 40.5 Å². The molecular formula is C25H48O2Si. The third-order valence-corrected chi connectivity index (χ3v) is 13.7. The molecule has 3 fully saturated rings. The molecule has 28 heavy (non-hydrogen) atoms. The summed E-state index contributed by atoms with van der Waals surface area (Å²) in [7, 11) is -1.85.